The van der Waals surface area contributed by atoms with E-state index in [1.54, 1.807) is 0 Å². The molecule has 0 heterocycles. The number of aliphatic hydroxyl groups is 1. The van der Waals surface area contributed by atoms with Gasteiger partial charge in [0.2, 0.25) is 0 Å². The normalized spacial score (nSPS) is 10.5. The second kappa shape index (κ2) is 9.31. The van der Waals surface area contributed by atoms with E-state index in [-0.39, 0.29) is 18.0 Å². The summed E-state index contributed by atoms with van der Waals surface area (Å²) in [5, 5.41) is 19.9. The zero-order chi connectivity index (χ0) is 14.8. The van der Waals surface area contributed by atoms with Crippen molar-refractivity contribution in [2.75, 3.05) is 6.61 Å². The molecule has 0 saturated heterocycles. The van der Waals surface area contributed by atoms with Crippen LogP contribution in [0.3, 0.4) is 0 Å². The van der Waals surface area contributed by atoms with Crippen LogP contribution in [0.2, 0.25) is 0 Å². The number of hydrogen-bond acceptors (Lipinski definition) is 4. The molecule has 0 bridgehead atoms. The number of benzene rings is 1. The SMILES string of the molecule is CCCCCCCCOc1cc(CO)ccc1[N+](=O)[O-]. The Bertz CT molecular complexity index is 420. The monoisotopic (exact) mass is 281 g/mol. The van der Waals surface area contributed by atoms with Crippen molar-refractivity contribution in [2.24, 2.45) is 0 Å². The van der Waals surface area contributed by atoms with Crippen LogP contribution in [0, 0.1) is 10.1 Å². The largest absolute Gasteiger partial charge is 0.487 e. The molecule has 0 aliphatic carbocycles. The van der Waals surface area contributed by atoms with E-state index in [0.29, 0.717) is 12.2 Å². The lowest BCUT2D eigenvalue weighted by Gasteiger charge is -2.08. The topological polar surface area (TPSA) is 72.6 Å². The van der Waals surface area contributed by atoms with Crippen LogP contribution in [0.1, 0.15) is 51.0 Å². The first-order valence-corrected chi connectivity index (χ1v) is 7.20. The van der Waals surface area contributed by atoms with Gasteiger partial charge in [-0.3, -0.25) is 10.1 Å². The molecule has 0 saturated carbocycles. The maximum Gasteiger partial charge on any atom is 0.310 e. The molecule has 20 heavy (non-hydrogen) atoms. The molecule has 5 nitrogen and oxygen atoms in total. The highest BCUT2D eigenvalue weighted by Crippen LogP contribution is 2.28. The van der Waals surface area contributed by atoms with Gasteiger partial charge in [-0.05, 0) is 24.1 Å². The molecule has 0 aliphatic heterocycles. The Morgan fingerprint density at radius 3 is 2.55 bits per heavy atom. The van der Waals surface area contributed by atoms with Crippen molar-refractivity contribution in [3.8, 4) is 5.75 Å². The van der Waals surface area contributed by atoms with Gasteiger partial charge < -0.3 is 9.84 Å². The molecule has 0 aliphatic rings. The van der Waals surface area contributed by atoms with Crippen LogP contribution in [-0.4, -0.2) is 16.6 Å². The highest BCUT2D eigenvalue weighted by atomic mass is 16.6. The average molecular weight is 281 g/mol. The minimum absolute atomic E-state index is 0.0480. The van der Waals surface area contributed by atoms with Crippen molar-refractivity contribution >= 4 is 5.69 Å². The second-order valence-electron chi connectivity index (χ2n) is 4.83. The number of rotatable bonds is 10. The lowest BCUT2D eigenvalue weighted by molar-refractivity contribution is -0.385. The predicted octanol–water partition coefficient (Wildman–Crippen LogP) is 3.83. The van der Waals surface area contributed by atoms with Gasteiger partial charge in [0.05, 0.1) is 18.1 Å². The number of aliphatic hydroxyl groups excluding tert-OH is 1. The fourth-order valence-corrected chi connectivity index (χ4v) is 1.99. The summed E-state index contributed by atoms with van der Waals surface area (Å²) in [5.74, 6) is 0.245. The first-order valence-electron chi connectivity index (χ1n) is 7.20. The summed E-state index contributed by atoms with van der Waals surface area (Å²) in [6.45, 7) is 2.50. The van der Waals surface area contributed by atoms with Crippen molar-refractivity contribution in [2.45, 2.75) is 52.1 Å². The standard InChI is InChI=1S/C15H23NO4/c1-2-3-4-5-6-7-10-20-15-11-13(12-17)8-9-14(15)16(18)19/h8-9,11,17H,2-7,10,12H2,1H3. The maximum absolute atomic E-state index is 10.9. The van der Waals surface area contributed by atoms with Gasteiger partial charge >= 0.3 is 5.69 Å². The number of nitrogens with zero attached hydrogens (tertiary/aromatic N) is 1. The van der Waals surface area contributed by atoms with Crippen LogP contribution < -0.4 is 4.74 Å². The van der Waals surface area contributed by atoms with Crippen molar-refractivity contribution in [3.63, 3.8) is 0 Å². The van der Waals surface area contributed by atoms with Crippen LogP contribution in [0.15, 0.2) is 18.2 Å². The molecular formula is C15H23NO4. The van der Waals surface area contributed by atoms with Gasteiger partial charge in [0.1, 0.15) is 0 Å². The van der Waals surface area contributed by atoms with E-state index in [4.69, 9.17) is 9.84 Å². The molecule has 1 rings (SSSR count). The van der Waals surface area contributed by atoms with Gasteiger partial charge in [-0.2, -0.15) is 0 Å². The van der Waals surface area contributed by atoms with Gasteiger partial charge in [0.15, 0.2) is 5.75 Å². The van der Waals surface area contributed by atoms with Crippen molar-refractivity contribution in [3.05, 3.63) is 33.9 Å². The predicted molar refractivity (Wildman–Crippen MR) is 77.9 cm³/mol. The number of ether oxygens (including phenoxy) is 1. The number of hydrogen-bond donors (Lipinski definition) is 1. The highest BCUT2D eigenvalue weighted by Gasteiger charge is 2.15. The number of nitro groups is 1. The summed E-state index contributed by atoms with van der Waals surface area (Å²) in [7, 11) is 0. The average Bonchev–Trinajstić information content (AvgIpc) is 2.45. The van der Waals surface area contributed by atoms with Crippen LogP contribution in [0.4, 0.5) is 5.69 Å². The fraction of sp³-hybridized carbons (Fsp3) is 0.600. The molecule has 1 aromatic rings. The molecule has 0 aromatic heterocycles. The van der Waals surface area contributed by atoms with Gasteiger partial charge in [-0.25, -0.2) is 0 Å². The zero-order valence-corrected chi connectivity index (χ0v) is 12.0. The third-order valence-corrected chi connectivity index (χ3v) is 3.16. The molecule has 0 unspecified atom stereocenters. The molecule has 1 aromatic carbocycles. The summed E-state index contributed by atoms with van der Waals surface area (Å²) in [6.07, 6.45) is 6.85. The molecule has 1 N–H and O–H groups in total. The Balaban J connectivity index is 2.43. The van der Waals surface area contributed by atoms with Crippen molar-refractivity contribution < 1.29 is 14.8 Å². The Labute approximate surface area is 119 Å². The second-order valence-corrected chi connectivity index (χ2v) is 4.83. The van der Waals surface area contributed by atoms with Gasteiger partial charge in [-0.1, -0.05) is 39.0 Å². The minimum atomic E-state index is -0.461. The zero-order valence-electron chi connectivity index (χ0n) is 12.0. The Morgan fingerprint density at radius 1 is 1.20 bits per heavy atom. The smallest absolute Gasteiger partial charge is 0.310 e. The first-order chi connectivity index (χ1) is 9.69. The van der Waals surface area contributed by atoms with E-state index in [2.05, 4.69) is 6.92 Å². The Kier molecular flexibility index (Phi) is 7.65. The molecule has 0 radical (unpaired) electrons. The van der Waals surface area contributed by atoms with E-state index in [1.165, 1.54) is 43.9 Å². The molecular weight excluding hydrogens is 258 g/mol. The van der Waals surface area contributed by atoms with E-state index in [1.807, 2.05) is 0 Å². The molecule has 0 amide bonds. The highest BCUT2D eigenvalue weighted by molar-refractivity contribution is 5.48. The van der Waals surface area contributed by atoms with Gasteiger partial charge in [0.25, 0.3) is 0 Å². The van der Waals surface area contributed by atoms with E-state index >= 15 is 0 Å². The first kappa shape index (κ1) is 16.4. The maximum atomic E-state index is 10.9. The number of nitro benzene ring substituents is 1. The Morgan fingerprint density at radius 2 is 1.90 bits per heavy atom. The van der Waals surface area contributed by atoms with Gasteiger partial charge in [-0.15, -0.1) is 0 Å². The summed E-state index contributed by atoms with van der Waals surface area (Å²) in [6, 6.07) is 4.45. The molecule has 5 heteroatoms. The van der Waals surface area contributed by atoms with Crippen molar-refractivity contribution in [1.29, 1.82) is 0 Å². The lowest BCUT2D eigenvalue weighted by atomic mass is 10.1. The van der Waals surface area contributed by atoms with E-state index < -0.39 is 4.92 Å². The quantitative estimate of drug-likeness (QED) is 0.402. The molecule has 0 spiro atoms. The van der Waals surface area contributed by atoms with Gasteiger partial charge in [0, 0.05) is 6.07 Å². The van der Waals surface area contributed by atoms with Crippen molar-refractivity contribution in [1.82, 2.24) is 0 Å². The van der Waals surface area contributed by atoms with Crippen LogP contribution >= 0.6 is 0 Å². The lowest BCUT2D eigenvalue weighted by Crippen LogP contribution is -2.01. The summed E-state index contributed by atoms with van der Waals surface area (Å²) in [4.78, 5) is 10.4. The fourth-order valence-electron chi connectivity index (χ4n) is 1.99. The Hall–Kier alpha value is -1.62. The molecule has 112 valence electrons. The van der Waals surface area contributed by atoms with E-state index in [9.17, 15) is 10.1 Å². The van der Waals surface area contributed by atoms with Crippen LogP contribution in [-0.2, 0) is 6.61 Å². The van der Waals surface area contributed by atoms with Crippen LogP contribution in [0.25, 0.3) is 0 Å². The summed E-state index contributed by atoms with van der Waals surface area (Å²) in [5.41, 5.74) is 0.571. The van der Waals surface area contributed by atoms with Crippen LogP contribution in [0.5, 0.6) is 5.75 Å². The summed E-state index contributed by atoms with van der Waals surface area (Å²) < 4.78 is 5.49. The third-order valence-electron chi connectivity index (χ3n) is 3.16. The molecule has 0 fully saturated rings. The molecule has 0 atom stereocenters. The third kappa shape index (κ3) is 5.57. The van der Waals surface area contributed by atoms with E-state index in [0.717, 1.165) is 12.8 Å². The minimum Gasteiger partial charge on any atom is -0.487 e. The summed E-state index contributed by atoms with van der Waals surface area (Å²) >= 11 is 0. The number of unbranched alkanes of at least 4 members (excludes halogenated alkanes) is 5.